The minimum atomic E-state index is -1.38. The lowest BCUT2D eigenvalue weighted by Gasteiger charge is -2.28. The summed E-state index contributed by atoms with van der Waals surface area (Å²) >= 11 is 0. The van der Waals surface area contributed by atoms with Crippen LogP contribution in [0.1, 0.15) is 59.8 Å². The van der Waals surface area contributed by atoms with E-state index in [1.165, 1.54) is 0 Å². The second kappa shape index (κ2) is 7.49. The molecule has 3 heteroatoms. The molecule has 0 rings (SSSR count). The Kier molecular flexibility index (Phi) is 7.12. The molecule has 17 heavy (non-hydrogen) atoms. The zero-order valence-corrected chi connectivity index (χ0v) is 11.6. The molecule has 0 aliphatic carbocycles. The van der Waals surface area contributed by atoms with Gasteiger partial charge in [-0.2, -0.15) is 0 Å². The van der Waals surface area contributed by atoms with Crippen LogP contribution in [0.15, 0.2) is 12.2 Å². The van der Waals surface area contributed by atoms with E-state index in [1.807, 2.05) is 0 Å². The van der Waals surface area contributed by atoms with Crippen molar-refractivity contribution in [1.82, 2.24) is 0 Å². The van der Waals surface area contributed by atoms with E-state index in [-0.39, 0.29) is 0 Å². The van der Waals surface area contributed by atoms with Crippen LogP contribution in [0, 0.1) is 5.92 Å². The third-order valence-electron chi connectivity index (χ3n) is 2.87. The zero-order valence-electron chi connectivity index (χ0n) is 11.6. The first-order valence-electron chi connectivity index (χ1n) is 6.43. The number of hydrogen-bond donors (Lipinski definition) is 1. The summed E-state index contributed by atoms with van der Waals surface area (Å²) in [4.78, 5) is 11.4. The fraction of sp³-hybridized carbons (Fsp3) is 0.786. The van der Waals surface area contributed by atoms with Gasteiger partial charge >= 0.3 is 5.97 Å². The van der Waals surface area contributed by atoms with Gasteiger partial charge in [-0.1, -0.05) is 46.1 Å². The number of carbonyl (C=O) groups is 1. The van der Waals surface area contributed by atoms with Gasteiger partial charge in [-0.15, -0.1) is 0 Å². The third kappa shape index (κ3) is 7.16. The Labute approximate surface area is 105 Å². The minimum absolute atomic E-state index is 0.312. The van der Waals surface area contributed by atoms with E-state index >= 15 is 0 Å². The van der Waals surface area contributed by atoms with Gasteiger partial charge in [-0.3, -0.25) is 0 Å². The van der Waals surface area contributed by atoms with E-state index in [4.69, 9.17) is 4.74 Å². The number of unbranched alkanes of at least 4 members (excludes halogenated alkanes) is 1. The molecule has 0 saturated heterocycles. The summed E-state index contributed by atoms with van der Waals surface area (Å²) in [6.45, 7) is 10.9. The van der Waals surface area contributed by atoms with Crippen molar-refractivity contribution in [1.29, 1.82) is 0 Å². The molecule has 0 aliphatic heterocycles. The standard InChI is InChI=1S/C14H26O3/c1-6-8-9-12(7-2)10-14(5,16)17-13(15)11(3)4/h12,16H,3,6-10H2,1-2,4-5H3. The highest BCUT2D eigenvalue weighted by atomic mass is 16.7. The van der Waals surface area contributed by atoms with Gasteiger partial charge in [0.05, 0.1) is 0 Å². The molecule has 0 spiro atoms. The second-order valence-corrected chi connectivity index (χ2v) is 4.97. The van der Waals surface area contributed by atoms with Crippen LogP contribution in [0.5, 0.6) is 0 Å². The van der Waals surface area contributed by atoms with Crippen molar-refractivity contribution in [3.63, 3.8) is 0 Å². The molecule has 0 fully saturated rings. The molecule has 0 heterocycles. The number of hydrogen-bond acceptors (Lipinski definition) is 3. The van der Waals surface area contributed by atoms with Gasteiger partial charge in [-0.05, 0) is 12.8 Å². The van der Waals surface area contributed by atoms with E-state index in [1.54, 1.807) is 13.8 Å². The molecule has 2 atom stereocenters. The molecule has 0 radical (unpaired) electrons. The fourth-order valence-electron chi connectivity index (χ4n) is 1.81. The van der Waals surface area contributed by atoms with Crippen LogP contribution in [0.3, 0.4) is 0 Å². The molecule has 3 nitrogen and oxygen atoms in total. The first-order valence-corrected chi connectivity index (χ1v) is 6.43. The van der Waals surface area contributed by atoms with Crippen molar-refractivity contribution < 1.29 is 14.6 Å². The molecule has 0 amide bonds. The summed E-state index contributed by atoms with van der Waals surface area (Å²) < 4.78 is 5.03. The maximum Gasteiger partial charge on any atom is 0.335 e. The monoisotopic (exact) mass is 242 g/mol. The van der Waals surface area contributed by atoms with Crippen molar-refractivity contribution in [3.8, 4) is 0 Å². The van der Waals surface area contributed by atoms with Crippen molar-refractivity contribution in [3.05, 3.63) is 12.2 Å². The third-order valence-corrected chi connectivity index (χ3v) is 2.87. The Morgan fingerprint density at radius 1 is 1.47 bits per heavy atom. The Hall–Kier alpha value is -0.830. The lowest BCUT2D eigenvalue weighted by atomic mass is 9.92. The lowest BCUT2D eigenvalue weighted by Crippen LogP contribution is -2.34. The van der Waals surface area contributed by atoms with Gasteiger partial charge < -0.3 is 9.84 Å². The first kappa shape index (κ1) is 16.2. The maximum atomic E-state index is 11.4. The lowest BCUT2D eigenvalue weighted by molar-refractivity contribution is -0.204. The van der Waals surface area contributed by atoms with Gasteiger partial charge in [0.25, 0.3) is 0 Å². The summed E-state index contributed by atoms with van der Waals surface area (Å²) in [6, 6.07) is 0. The summed E-state index contributed by atoms with van der Waals surface area (Å²) in [5.41, 5.74) is 0.312. The molecule has 0 aromatic carbocycles. The zero-order chi connectivity index (χ0) is 13.5. The largest absolute Gasteiger partial charge is 0.430 e. The van der Waals surface area contributed by atoms with E-state index in [0.29, 0.717) is 17.9 Å². The summed E-state index contributed by atoms with van der Waals surface area (Å²) in [6.07, 6.45) is 4.82. The predicted octanol–water partition coefficient (Wildman–Crippen LogP) is 3.42. The van der Waals surface area contributed by atoms with E-state index in [2.05, 4.69) is 20.4 Å². The van der Waals surface area contributed by atoms with Gasteiger partial charge in [0.1, 0.15) is 0 Å². The molecule has 0 aromatic heterocycles. The van der Waals surface area contributed by atoms with Crippen LogP contribution in [0.2, 0.25) is 0 Å². The molecule has 100 valence electrons. The number of rotatable bonds is 8. The summed E-state index contributed by atoms with van der Waals surface area (Å²) in [5, 5.41) is 10.1. The number of carbonyl (C=O) groups excluding carboxylic acids is 1. The summed E-state index contributed by atoms with van der Waals surface area (Å²) in [5.74, 6) is -1.52. The van der Waals surface area contributed by atoms with Crippen LogP contribution in [0.25, 0.3) is 0 Å². The Morgan fingerprint density at radius 2 is 2.06 bits per heavy atom. The Balaban J connectivity index is 4.29. The smallest absolute Gasteiger partial charge is 0.335 e. The highest BCUT2D eigenvalue weighted by Gasteiger charge is 2.28. The van der Waals surface area contributed by atoms with Gasteiger partial charge in [-0.25, -0.2) is 4.79 Å². The molecule has 0 aliphatic rings. The van der Waals surface area contributed by atoms with Gasteiger partial charge in [0.15, 0.2) is 0 Å². The fourth-order valence-corrected chi connectivity index (χ4v) is 1.81. The predicted molar refractivity (Wildman–Crippen MR) is 69.5 cm³/mol. The summed E-state index contributed by atoms with van der Waals surface area (Å²) in [7, 11) is 0. The average molecular weight is 242 g/mol. The quantitative estimate of drug-likeness (QED) is 0.403. The van der Waals surface area contributed by atoms with Crippen LogP contribution in [-0.4, -0.2) is 16.9 Å². The normalized spacial score (nSPS) is 16.1. The van der Waals surface area contributed by atoms with E-state index in [9.17, 15) is 9.90 Å². The molecule has 2 unspecified atom stereocenters. The van der Waals surface area contributed by atoms with E-state index < -0.39 is 11.8 Å². The molecule has 1 N–H and O–H groups in total. The van der Waals surface area contributed by atoms with Gasteiger partial charge in [0.2, 0.25) is 5.79 Å². The van der Waals surface area contributed by atoms with Crippen LogP contribution >= 0.6 is 0 Å². The number of esters is 1. The average Bonchev–Trinajstić information content (AvgIpc) is 2.23. The van der Waals surface area contributed by atoms with Crippen molar-refractivity contribution in [2.45, 2.75) is 65.6 Å². The highest BCUT2D eigenvalue weighted by Crippen LogP contribution is 2.25. The molecule has 0 bridgehead atoms. The minimum Gasteiger partial charge on any atom is -0.430 e. The molecular formula is C14H26O3. The van der Waals surface area contributed by atoms with Crippen molar-refractivity contribution in [2.75, 3.05) is 0 Å². The molecular weight excluding hydrogens is 216 g/mol. The molecule has 0 saturated carbocycles. The highest BCUT2D eigenvalue weighted by molar-refractivity contribution is 5.87. The van der Waals surface area contributed by atoms with Crippen LogP contribution < -0.4 is 0 Å². The van der Waals surface area contributed by atoms with Crippen LogP contribution in [0.4, 0.5) is 0 Å². The first-order chi connectivity index (χ1) is 7.82. The second-order valence-electron chi connectivity index (χ2n) is 4.97. The van der Waals surface area contributed by atoms with E-state index in [0.717, 1.165) is 25.7 Å². The topological polar surface area (TPSA) is 46.5 Å². The maximum absolute atomic E-state index is 11.4. The molecule has 0 aromatic rings. The Morgan fingerprint density at radius 3 is 2.47 bits per heavy atom. The SMILES string of the molecule is C=C(C)C(=O)OC(C)(O)CC(CC)CCCC. The van der Waals surface area contributed by atoms with Crippen LogP contribution in [-0.2, 0) is 9.53 Å². The number of aliphatic hydroxyl groups is 1. The van der Waals surface area contributed by atoms with Gasteiger partial charge in [0, 0.05) is 18.9 Å². The number of ether oxygens (including phenoxy) is 1. The van der Waals surface area contributed by atoms with Crippen molar-refractivity contribution in [2.24, 2.45) is 5.92 Å². The van der Waals surface area contributed by atoms with Crippen molar-refractivity contribution >= 4 is 5.97 Å². The Bertz CT molecular complexity index is 256.